The van der Waals surface area contributed by atoms with Crippen LogP contribution in [0.2, 0.25) is 0 Å². The van der Waals surface area contributed by atoms with Crippen LogP contribution in [0.4, 0.5) is 0 Å². The van der Waals surface area contributed by atoms with Gasteiger partial charge < -0.3 is 14.8 Å². The third kappa shape index (κ3) is 2.72. The van der Waals surface area contributed by atoms with Crippen molar-refractivity contribution in [2.45, 2.75) is 19.4 Å². The van der Waals surface area contributed by atoms with Gasteiger partial charge in [0, 0.05) is 34.2 Å². The molecule has 0 saturated heterocycles. The lowest BCUT2D eigenvalue weighted by Crippen LogP contribution is -2.18. The molecule has 1 aliphatic carbocycles. The minimum absolute atomic E-state index is 0.0954. The number of carboxylic acids is 1. The lowest BCUT2D eigenvalue weighted by atomic mass is 9.94. The van der Waals surface area contributed by atoms with Crippen molar-refractivity contribution in [2.24, 2.45) is 11.8 Å². The van der Waals surface area contributed by atoms with E-state index in [-0.39, 0.29) is 12.0 Å². The Morgan fingerprint density at radius 2 is 2.23 bits per heavy atom. The van der Waals surface area contributed by atoms with E-state index >= 15 is 0 Å². The molecule has 0 radical (unpaired) electrons. The second-order valence-corrected chi connectivity index (χ2v) is 7.86. The first-order valence-electron chi connectivity index (χ1n) is 9.78. The molecule has 3 unspecified atom stereocenters. The van der Waals surface area contributed by atoms with Gasteiger partial charge in [-0.15, -0.1) is 0 Å². The Morgan fingerprint density at radius 3 is 2.93 bits per heavy atom. The minimum Gasteiger partial charge on any atom is -0.496 e. The summed E-state index contributed by atoms with van der Waals surface area (Å²) in [5, 5.41) is 25.5. The molecule has 4 aromatic rings. The maximum Gasteiger partial charge on any atom is 0.306 e. The van der Waals surface area contributed by atoms with Crippen molar-refractivity contribution in [1.29, 1.82) is 5.26 Å². The molecule has 0 spiro atoms. The summed E-state index contributed by atoms with van der Waals surface area (Å²) in [6.07, 6.45) is 4.40. The molecule has 5 rings (SSSR count). The number of benzene rings is 2. The smallest absolute Gasteiger partial charge is 0.306 e. The second kappa shape index (κ2) is 6.63. The van der Waals surface area contributed by atoms with Crippen LogP contribution in [0.5, 0.6) is 5.75 Å². The number of hydrogen-bond acceptors (Lipinski definition) is 4. The van der Waals surface area contributed by atoms with Gasteiger partial charge in [0.15, 0.2) is 0 Å². The Bertz CT molecular complexity index is 1340. The zero-order chi connectivity index (χ0) is 21.0. The zero-order valence-corrected chi connectivity index (χ0v) is 16.6. The summed E-state index contributed by atoms with van der Waals surface area (Å²) in [6.45, 7) is 2.02. The first kappa shape index (κ1) is 18.3. The van der Waals surface area contributed by atoms with Crippen LogP contribution in [0.3, 0.4) is 0 Å². The van der Waals surface area contributed by atoms with Crippen molar-refractivity contribution in [3.05, 3.63) is 59.4 Å². The standard InChI is InChI=1S/C23H20N4O3/c1-12-7-19(30-2)20(15-5-6-25-21(12)15)22(16-9-17(16)23(28)29)27-11-14-4-3-13(10-24)8-18(14)26-27/h3-8,11,16-17,22,25H,9H2,1-2H3,(H,28,29). The number of rotatable bonds is 5. The molecule has 1 fully saturated rings. The molecular weight excluding hydrogens is 380 g/mol. The predicted molar refractivity (Wildman–Crippen MR) is 111 cm³/mol. The van der Waals surface area contributed by atoms with E-state index in [0.29, 0.717) is 17.5 Å². The Balaban J connectivity index is 1.75. The molecule has 2 N–H and O–H groups in total. The van der Waals surface area contributed by atoms with Crippen LogP contribution in [-0.2, 0) is 4.79 Å². The van der Waals surface area contributed by atoms with Crippen LogP contribution in [0, 0.1) is 30.1 Å². The lowest BCUT2D eigenvalue weighted by Gasteiger charge is -2.22. The summed E-state index contributed by atoms with van der Waals surface area (Å²) < 4.78 is 7.59. The highest BCUT2D eigenvalue weighted by Crippen LogP contribution is 2.52. The molecule has 30 heavy (non-hydrogen) atoms. The van der Waals surface area contributed by atoms with Gasteiger partial charge in [0.05, 0.1) is 36.2 Å². The SMILES string of the molecule is COc1cc(C)c2[nH]ccc2c1C(C1CC1C(=O)O)n1cc2ccc(C#N)cc2n1. The summed E-state index contributed by atoms with van der Waals surface area (Å²) in [4.78, 5) is 15.0. The molecular formula is C23H20N4O3. The van der Waals surface area contributed by atoms with E-state index in [1.165, 1.54) is 0 Å². The lowest BCUT2D eigenvalue weighted by molar-refractivity contribution is -0.138. The highest BCUT2D eigenvalue weighted by molar-refractivity contribution is 5.89. The van der Waals surface area contributed by atoms with Gasteiger partial charge in [0.1, 0.15) is 5.75 Å². The summed E-state index contributed by atoms with van der Waals surface area (Å²) >= 11 is 0. The van der Waals surface area contributed by atoms with Gasteiger partial charge in [-0.2, -0.15) is 10.4 Å². The molecule has 0 amide bonds. The number of carboxylic acid groups (broad SMARTS) is 1. The summed E-state index contributed by atoms with van der Waals surface area (Å²) in [6, 6.07) is 11.2. The molecule has 2 heterocycles. The largest absolute Gasteiger partial charge is 0.496 e. The first-order valence-corrected chi connectivity index (χ1v) is 9.78. The summed E-state index contributed by atoms with van der Waals surface area (Å²) in [7, 11) is 1.63. The Labute approximate surface area is 172 Å². The van der Waals surface area contributed by atoms with E-state index in [9.17, 15) is 15.2 Å². The number of hydrogen-bond donors (Lipinski definition) is 2. The fourth-order valence-corrected chi connectivity index (χ4v) is 4.51. The number of aryl methyl sites for hydroxylation is 1. The Hall–Kier alpha value is -3.79. The fraction of sp³-hybridized carbons (Fsp3) is 0.261. The van der Waals surface area contributed by atoms with Crippen LogP contribution >= 0.6 is 0 Å². The van der Waals surface area contributed by atoms with Crippen LogP contribution in [0.25, 0.3) is 21.8 Å². The third-order valence-electron chi connectivity index (χ3n) is 6.06. The van der Waals surface area contributed by atoms with E-state index in [1.54, 1.807) is 19.2 Å². The van der Waals surface area contributed by atoms with E-state index in [1.807, 2.05) is 42.2 Å². The monoisotopic (exact) mass is 400 g/mol. The maximum atomic E-state index is 11.7. The second-order valence-electron chi connectivity index (χ2n) is 7.86. The Morgan fingerprint density at radius 1 is 1.40 bits per heavy atom. The number of methoxy groups -OCH3 is 1. The molecule has 150 valence electrons. The number of aliphatic carboxylic acids is 1. The van der Waals surface area contributed by atoms with Gasteiger partial charge in [-0.1, -0.05) is 0 Å². The molecule has 0 bridgehead atoms. The molecule has 1 aliphatic rings. The van der Waals surface area contributed by atoms with Crippen LogP contribution in [0.15, 0.2) is 42.7 Å². The van der Waals surface area contributed by atoms with Crippen molar-refractivity contribution in [3.8, 4) is 11.8 Å². The van der Waals surface area contributed by atoms with Crippen molar-refractivity contribution in [1.82, 2.24) is 14.8 Å². The number of nitrogens with one attached hydrogen (secondary N) is 1. The number of H-pyrrole nitrogens is 1. The van der Waals surface area contributed by atoms with E-state index < -0.39 is 11.9 Å². The normalized spacial score (nSPS) is 19.0. The molecule has 2 aromatic heterocycles. The van der Waals surface area contributed by atoms with Crippen LogP contribution in [0.1, 0.15) is 29.2 Å². The molecule has 0 aliphatic heterocycles. The van der Waals surface area contributed by atoms with Crippen LogP contribution in [-0.4, -0.2) is 33.0 Å². The fourth-order valence-electron chi connectivity index (χ4n) is 4.51. The van der Waals surface area contributed by atoms with E-state index in [2.05, 4.69) is 11.1 Å². The van der Waals surface area contributed by atoms with E-state index in [4.69, 9.17) is 9.84 Å². The van der Waals surface area contributed by atoms with Crippen molar-refractivity contribution < 1.29 is 14.6 Å². The number of ether oxygens (including phenoxy) is 1. The number of aromatic nitrogens is 3. The van der Waals surface area contributed by atoms with Gasteiger partial charge in [-0.25, -0.2) is 0 Å². The Kier molecular flexibility index (Phi) is 4.03. The minimum atomic E-state index is -0.787. The quantitative estimate of drug-likeness (QED) is 0.527. The van der Waals surface area contributed by atoms with Crippen molar-refractivity contribution >= 4 is 27.8 Å². The van der Waals surface area contributed by atoms with Gasteiger partial charge in [-0.05, 0) is 55.2 Å². The van der Waals surface area contributed by atoms with Gasteiger partial charge in [-0.3, -0.25) is 9.48 Å². The average molecular weight is 400 g/mol. The maximum absolute atomic E-state index is 11.7. The first-order chi connectivity index (χ1) is 14.5. The molecule has 7 nitrogen and oxygen atoms in total. The molecule has 7 heteroatoms. The number of nitriles is 1. The van der Waals surface area contributed by atoms with Gasteiger partial charge in [0.2, 0.25) is 0 Å². The van der Waals surface area contributed by atoms with Crippen molar-refractivity contribution in [3.63, 3.8) is 0 Å². The number of aromatic amines is 1. The number of carbonyl (C=O) groups is 1. The van der Waals surface area contributed by atoms with Gasteiger partial charge >= 0.3 is 5.97 Å². The highest BCUT2D eigenvalue weighted by Gasteiger charge is 2.50. The summed E-state index contributed by atoms with van der Waals surface area (Å²) in [5.41, 5.74) is 4.25. The number of fused-ring (bicyclic) bond motifs is 2. The van der Waals surface area contributed by atoms with Crippen LogP contribution < -0.4 is 4.74 Å². The third-order valence-corrected chi connectivity index (χ3v) is 6.06. The summed E-state index contributed by atoms with van der Waals surface area (Å²) in [5.74, 6) is -0.582. The number of nitrogens with zero attached hydrogens (tertiary/aromatic N) is 3. The average Bonchev–Trinajstić information content (AvgIpc) is 3.18. The molecule has 1 saturated carbocycles. The van der Waals surface area contributed by atoms with Gasteiger partial charge in [0.25, 0.3) is 0 Å². The predicted octanol–water partition coefficient (Wildman–Crippen LogP) is 4.02. The zero-order valence-electron chi connectivity index (χ0n) is 16.6. The molecule has 2 aromatic carbocycles. The topological polar surface area (TPSA) is 104 Å². The van der Waals surface area contributed by atoms with Crippen molar-refractivity contribution in [2.75, 3.05) is 7.11 Å². The van der Waals surface area contributed by atoms with E-state index in [0.717, 1.165) is 33.2 Å². The highest BCUT2D eigenvalue weighted by atomic mass is 16.5. The molecule has 3 atom stereocenters.